The molecular formula is C25H36N4O3. The van der Waals surface area contributed by atoms with Crippen molar-refractivity contribution in [1.29, 1.82) is 0 Å². The van der Waals surface area contributed by atoms with Crippen LogP contribution in [-0.4, -0.2) is 61.0 Å². The van der Waals surface area contributed by atoms with Crippen molar-refractivity contribution in [1.82, 2.24) is 20.2 Å². The fourth-order valence-corrected chi connectivity index (χ4v) is 4.72. The summed E-state index contributed by atoms with van der Waals surface area (Å²) in [4.78, 5) is 33.9. The number of hydrogen-bond donors (Lipinski definition) is 2. The lowest BCUT2D eigenvalue weighted by Gasteiger charge is -2.37. The van der Waals surface area contributed by atoms with Crippen molar-refractivity contribution >= 4 is 22.9 Å². The molecule has 1 aliphatic carbocycles. The molecule has 0 unspecified atom stereocenters. The molecule has 3 rings (SSSR count). The van der Waals surface area contributed by atoms with Crippen molar-refractivity contribution in [3.05, 3.63) is 41.2 Å². The molecule has 0 bridgehead atoms. The van der Waals surface area contributed by atoms with E-state index in [1.54, 1.807) is 12.1 Å². The second kappa shape index (κ2) is 10.3. The molecule has 1 aromatic carbocycles. The summed E-state index contributed by atoms with van der Waals surface area (Å²) in [7, 11) is 5.19. The maximum atomic E-state index is 12.1. The topological polar surface area (TPSA) is 87.3 Å². The van der Waals surface area contributed by atoms with Gasteiger partial charge in [-0.15, -0.1) is 0 Å². The second-order valence-corrected chi connectivity index (χ2v) is 9.57. The van der Waals surface area contributed by atoms with Crippen LogP contribution in [-0.2, 0) is 16.0 Å². The molecule has 1 aromatic heterocycles. The van der Waals surface area contributed by atoms with E-state index in [1.165, 1.54) is 12.7 Å². The van der Waals surface area contributed by atoms with E-state index in [0.717, 1.165) is 29.7 Å². The number of benzene rings is 1. The number of allylic oxidation sites excluding steroid dienone is 1. The molecule has 1 aliphatic rings. The summed E-state index contributed by atoms with van der Waals surface area (Å²) in [6.45, 7) is 7.81. The molecule has 0 fully saturated rings. The fourth-order valence-electron chi connectivity index (χ4n) is 4.72. The molecule has 32 heavy (non-hydrogen) atoms. The van der Waals surface area contributed by atoms with Crippen LogP contribution in [0.3, 0.4) is 0 Å². The zero-order valence-corrected chi connectivity index (χ0v) is 20.1. The predicted octanol–water partition coefficient (Wildman–Crippen LogP) is 3.42. The number of likely N-dealkylation sites (N-methyl/N-ethyl adjacent to an activating group) is 1. The van der Waals surface area contributed by atoms with Crippen molar-refractivity contribution < 1.29 is 14.3 Å². The number of esters is 1. The van der Waals surface area contributed by atoms with Gasteiger partial charge >= 0.3 is 5.97 Å². The molecule has 0 radical (unpaired) electrons. The van der Waals surface area contributed by atoms with Crippen LogP contribution in [0.15, 0.2) is 29.8 Å². The molecule has 0 spiro atoms. The Morgan fingerprint density at radius 1 is 1.31 bits per heavy atom. The zero-order valence-electron chi connectivity index (χ0n) is 20.1. The molecule has 1 heterocycles. The highest BCUT2D eigenvalue weighted by atomic mass is 16.5. The average Bonchev–Trinajstić information content (AvgIpc) is 3.14. The predicted molar refractivity (Wildman–Crippen MR) is 126 cm³/mol. The van der Waals surface area contributed by atoms with Crippen molar-refractivity contribution in [2.45, 2.75) is 33.6 Å². The lowest BCUT2D eigenvalue weighted by atomic mass is 9.70. The minimum Gasteiger partial charge on any atom is -0.465 e. The Balaban J connectivity index is 1.73. The Hall–Kier alpha value is -2.67. The molecule has 174 valence electrons. The van der Waals surface area contributed by atoms with Crippen LogP contribution in [0.25, 0.3) is 11.0 Å². The van der Waals surface area contributed by atoms with Gasteiger partial charge in [-0.05, 0) is 69.3 Å². The summed E-state index contributed by atoms with van der Waals surface area (Å²) >= 11 is 0. The summed E-state index contributed by atoms with van der Waals surface area (Å²) in [5.41, 5.74) is 3.57. The number of fused-ring (bicyclic) bond motifs is 1. The normalized spacial score (nSPS) is 21.1. The van der Waals surface area contributed by atoms with E-state index in [4.69, 9.17) is 9.72 Å². The Kier molecular flexibility index (Phi) is 7.72. The molecule has 2 N–H and O–H groups in total. The van der Waals surface area contributed by atoms with Gasteiger partial charge in [-0.1, -0.05) is 25.5 Å². The van der Waals surface area contributed by atoms with Gasteiger partial charge in [0.05, 0.1) is 30.3 Å². The van der Waals surface area contributed by atoms with Crippen LogP contribution in [0.2, 0.25) is 0 Å². The third kappa shape index (κ3) is 5.76. The van der Waals surface area contributed by atoms with Gasteiger partial charge in [0.1, 0.15) is 5.82 Å². The summed E-state index contributed by atoms with van der Waals surface area (Å²) in [5, 5.41) is 3.11. The fraction of sp³-hybridized carbons (Fsp3) is 0.560. The van der Waals surface area contributed by atoms with Gasteiger partial charge < -0.3 is 19.9 Å². The van der Waals surface area contributed by atoms with Gasteiger partial charge in [0.15, 0.2) is 0 Å². The van der Waals surface area contributed by atoms with E-state index >= 15 is 0 Å². The quantitative estimate of drug-likeness (QED) is 0.485. The molecule has 7 heteroatoms. The van der Waals surface area contributed by atoms with E-state index in [1.807, 2.05) is 25.1 Å². The minimum absolute atomic E-state index is 0.0688. The Bertz CT molecular complexity index is 992. The molecule has 7 nitrogen and oxygen atoms in total. The highest BCUT2D eigenvalue weighted by Gasteiger charge is 2.32. The van der Waals surface area contributed by atoms with E-state index in [0.29, 0.717) is 42.3 Å². The number of imidazole rings is 1. The second-order valence-electron chi connectivity index (χ2n) is 9.57. The number of nitrogens with zero attached hydrogens (tertiary/aromatic N) is 2. The third-order valence-electron chi connectivity index (χ3n) is 6.47. The van der Waals surface area contributed by atoms with Gasteiger partial charge in [0.2, 0.25) is 5.91 Å². The summed E-state index contributed by atoms with van der Waals surface area (Å²) in [6, 6.07) is 5.40. The van der Waals surface area contributed by atoms with Crippen LogP contribution in [0.5, 0.6) is 0 Å². The van der Waals surface area contributed by atoms with Gasteiger partial charge in [0.25, 0.3) is 0 Å². The molecule has 2 aromatic rings. The standard InChI is InChI=1S/C25H36N4O3/c1-15(2)20-10-18(16(3)9-19(20)13-26-24(30)14-29(4)5)12-23-27-21-8-7-17(25(31)32-6)11-22(21)28-23/h7-9,11,15,18-20H,10,12-14H2,1-6H3,(H,26,30)(H,27,28)/t18-,19-,20-/m0/s1. The molecule has 1 amide bonds. The van der Waals surface area contributed by atoms with Crippen molar-refractivity contribution in [2.24, 2.45) is 23.7 Å². The molecular weight excluding hydrogens is 404 g/mol. The van der Waals surface area contributed by atoms with Gasteiger partial charge in [-0.2, -0.15) is 0 Å². The SMILES string of the molecule is COC(=O)c1ccc2nc(C[C@@H]3C[C@@H](C(C)C)[C@H](CNC(=O)CN(C)C)C=C3C)[nH]c2c1. The summed E-state index contributed by atoms with van der Waals surface area (Å²) < 4.78 is 4.82. The number of rotatable bonds is 8. The minimum atomic E-state index is -0.349. The number of H-pyrrole nitrogens is 1. The van der Waals surface area contributed by atoms with Crippen LogP contribution < -0.4 is 5.32 Å². The smallest absolute Gasteiger partial charge is 0.337 e. The summed E-state index contributed by atoms with van der Waals surface area (Å²) in [5.74, 6) is 2.42. The van der Waals surface area contributed by atoms with Crippen LogP contribution in [0.4, 0.5) is 0 Å². The number of aromatic amines is 1. The Labute approximate surface area is 190 Å². The third-order valence-corrected chi connectivity index (χ3v) is 6.47. The van der Waals surface area contributed by atoms with E-state index in [-0.39, 0.29) is 11.9 Å². The lowest BCUT2D eigenvalue weighted by molar-refractivity contribution is -0.121. The maximum Gasteiger partial charge on any atom is 0.337 e. The summed E-state index contributed by atoms with van der Waals surface area (Å²) in [6.07, 6.45) is 4.25. The van der Waals surface area contributed by atoms with Crippen molar-refractivity contribution in [2.75, 3.05) is 34.3 Å². The van der Waals surface area contributed by atoms with E-state index in [2.05, 4.69) is 37.1 Å². The van der Waals surface area contributed by atoms with Crippen molar-refractivity contribution in [3.63, 3.8) is 0 Å². The Morgan fingerprint density at radius 2 is 2.06 bits per heavy atom. The van der Waals surface area contributed by atoms with Gasteiger partial charge in [-0.25, -0.2) is 9.78 Å². The number of carbonyl (C=O) groups excluding carboxylic acids is 2. The number of aromatic nitrogens is 2. The number of ether oxygens (including phenoxy) is 1. The van der Waals surface area contributed by atoms with E-state index < -0.39 is 0 Å². The first-order valence-corrected chi connectivity index (χ1v) is 11.3. The molecule has 0 saturated heterocycles. The molecule has 3 atom stereocenters. The van der Waals surface area contributed by atoms with E-state index in [9.17, 15) is 9.59 Å². The monoisotopic (exact) mass is 440 g/mol. The zero-order chi connectivity index (χ0) is 23.4. The van der Waals surface area contributed by atoms with Crippen LogP contribution in [0, 0.1) is 23.7 Å². The average molecular weight is 441 g/mol. The first kappa shape index (κ1) is 24.0. The largest absolute Gasteiger partial charge is 0.465 e. The number of amides is 1. The Morgan fingerprint density at radius 3 is 2.72 bits per heavy atom. The molecule has 0 saturated carbocycles. The van der Waals surface area contributed by atoms with Crippen molar-refractivity contribution in [3.8, 4) is 0 Å². The highest BCUT2D eigenvalue weighted by Crippen LogP contribution is 2.38. The molecule has 0 aliphatic heterocycles. The number of hydrogen-bond acceptors (Lipinski definition) is 5. The number of nitrogens with one attached hydrogen (secondary N) is 2. The first-order chi connectivity index (χ1) is 15.2. The number of carbonyl (C=O) groups is 2. The maximum absolute atomic E-state index is 12.1. The first-order valence-electron chi connectivity index (χ1n) is 11.3. The highest BCUT2D eigenvalue weighted by molar-refractivity contribution is 5.93. The lowest BCUT2D eigenvalue weighted by Crippen LogP contribution is -2.40. The number of methoxy groups -OCH3 is 1. The van der Waals surface area contributed by atoms with Crippen LogP contribution >= 0.6 is 0 Å². The van der Waals surface area contributed by atoms with Gasteiger partial charge in [0, 0.05) is 13.0 Å². The van der Waals surface area contributed by atoms with Gasteiger partial charge in [-0.3, -0.25) is 4.79 Å². The van der Waals surface area contributed by atoms with Crippen LogP contribution in [0.1, 0.15) is 43.4 Å².